The topological polar surface area (TPSA) is 62.1 Å². The summed E-state index contributed by atoms with van der Waals surface area (Å²) in [7, 11) is -3.69. The summed E-state index contributed by atoms with van der Waals surface area (Å²) in [6.45, 7) is 6.18. The fraction of sp³-hybridized carbons (Fsp3) is 0.333. The predicted octanol–water partition coefficient (Wildman–Crippen LogP) is 3.04. The summed E-state index contributed by atoms with van der Waals surface area (Å²) in [5, 5.41) is 0. The summed E-state index contributed by atoms with van der Waals surface area (Å²) in [4.78, 5) is 9.75. The lowest BCUT2D eigenvalue weighted by atomic mass is 10.2. The van der Waals surface area contributed by atoms with Crippen LogP contribution in [0.3, 0.4) is 0 Å². The molecule has 0 spiro atoms. The Bertz CT molecular complexity index is 747. The standard InChI is InChI=1S/C15H19N3O2S2/c1-5-16-15-14(12(3)21-4)17-10-18(15)22(19,20)13-8-6-11(2)7-9-13/h6-10H,5H2,1-4H3/b14-12-,16-15?. The second kappa shape index (κ2) is 6.66. The molecule has 1 heterocycles. The van der Waals surface area contributed by atoms with E-state index in [1.165, 1.54) is 18.1 Å². The van der Waals surface area contributed by atoms with Gasteiger partial charge in [0.25, 0.3) is 10.0 Å². The molecule has 118 valence electrons. The molecule has 0 unspecified atom stereocenters. The highest BCUT2D eigenvalue weighted by Gasteiger charge is 2.33. The lowest BCUT2D eigenvalue weighted by Gasteiger charge is -2.17. The van der Waals surface area contributed by atoms with E-state index in [0.29, 0.717) is 18.1 Å². The molecule has 1 aromatic rings. The molecule has 0 aromatic heterocycles. The highest BCUT2D eigenvalue weighted by atomic mass is 32.2. The number of thioether (sulfide) groups is 1. The highest BCUT2D eigenvalue weighted by molar-refractivity contribution is 8.02. The van der Waals surface area contributed by atoms with Gasteiger partial charge < -0.3 is 0 Å². The van der Waals surface area contributed by atoms with Gasteiger partial charge in [-0.15, -0.1) is 11.8 Å². The van der Waals surface area contributed by atoms with Gasteiger partial charge in [-0.25, -0.2) is 17.7 Å². The number of sulfonamides is 1. The quantitative estimate of drug-likeness (QED) is 0.848. The van der Waals surface area contributed by atoms with Crippen molar-refractivity contribution in [3.8, 4) is 0 Å². The molecule has 1 aliphatic rings. The smallest absolute Gasteiger partial charge is 0.266 e. The number of aryl methyl sites for hydroxylation is 1. The number of aliphatic imine (C=N–C) groups is 2. The van der Waals surface area contributed by atoms with E-state index >= 15 is 0 Å². The van der Waals surface area contributed by atoms with Crippen molar-refractivity contribution in [2.45, 2.75) is 25.7 Å². The van der Waals surface area contributed by atoms with Gasteiger partial charge in [0, 0.05) is 11.4 Å². The van der Waals surface area contributed by atoms with Gasteiger partial charge >= 0.3 is 0 Å². The molecular weight excluding hydrogens is 318 g/mol. The van der Waals surface area contributed by atoms with Gasteiger partial charge in [-0.3, -0.25) is 4.99 Å². The van der Waals surface area contributed by atoms with Crippen molar-refractivity contribution in [3.63, 3.8) is 0 Å². The first kappa shape index (κ1) is 16.8. The monoisotopic (exact) mass is 337 g/mol. The van der Waals surface area contributed by atoms with Gasteiger partial charge in [0.05, 0.1) is 4.90 Å². The van der Waals surface area contributed by atoms with Crippen LogP contribution in [-0.4, -0.2) is 37.7 Å². The van der Waals surface area contributed by atoms with Crippen LogP contribution < -0.4 is 0 Å². The first-order valence-corrected chi connectivity index (χ1v) is 9.53. The fourth-order valence-corrected chi connectivity index (χ4v) is 3.55. The van der Waals surface area contributed by atoms with E-state index in [1.54, 1.807) is 24.3 Å². The molecule has 0 bridgehead atoms. The van der Waals surface area contributed by atoms with Crippen molar-refractivity contribution in [1.82, 2.24) is 4.31 Å². The Morgan fingerprint density at radius 3 is 2.50 bits per heavy atom. The summed E-state index contributed by atoms with van der Waals surface area (Å²) in [6, 6.07) is 6.76. The molecule has 7 heteroatoms. The number of amidine groups is 1. The first-order chi connectivity index (χ1) is 10.4. The molecule has 1 aliphatic heterocycles. The third kappa shape index (κ3) is 3.10. The van der Waals surface area contributed by atoms with Gasteiger partial charge in [0.1, 0.15) is 12.0 Å². The minimum atomic E-state index is -3.69. The Labute approximate surface area is 135 Å². The molecule has 0 atom stereocenters. The molecule has 0 aliphatic carbocycles. The fourth-order valence-electron chi connectivity index (χ4n) is 1.97. The zero-order chi connectivity index (χ0) is 16.3. The average Bonchev–Trinajstić information content (AvgIpc) is 2.92. The lowest BCUT2D eigenvalue weighted by Crippen LogP contribution is -2.33. The summed E-state index contributed by atoms with van der Waals surface area (Å²) in [5.74, 6) is 0.384. The van der Waals surface area contributed by atoms with Crippen molar-refractivity contribution in [2.75, 3.05) is 12.8 Å². The first-order valence-electron chi connectivity index (χ1n) is 6.86. The number of hydrogen-bond acceptors (Lipinski definition) is 5. The van der Waals surface area contributed by atoms with Gasteiger partial charge in [0.2, 0.25) is 0 Å². The number of rotatable bonds is 4. The van der Waals surface area contributed by atoms with Crippen molar-refractivity contribution in [1.29, 1.82) is 0 Å². The van der Waals surface area contributed by atoms with Crippen LogP contribution in [0.4, 0.5) is 0 Å². The van der Waals surface area contributed by atoms with Gasteiger partial charge in [-0.05, 0) is 39.2 Å². The molecule has 0 amide bonds. The zero-order valence-electron chi connectivity index (χ0n) is 13.1. The third-order valence-corrected chi connectivity index (χ3v) is 5.70. The van der Waals surface area contributed by atoms with E-state index < -0.39 is 10.0 Å². The summed E-state index contributed by atoms with van der Waals surface area (Å²) >= 11 is 1.53. The Kier molecular flexibility index (Phi) is 5.08. The summed E-state index contributed by atoms with van der Waals surface area (Å²) in [6.07, 6.45) is 3.26. The SMILES string of the molecule is CCN=C1/C(=C(\C)SC)N=CN1S(=O)(=O)c1ccc(C)cc1. The Morgan fingerprint density at radius 2 is 1.95 bits per heavy atom. The second-order valence-electron chi connectivity index (χ2n) is 4.77. The largest absolute Gasteiger partial charge is 0.270 e. The molecular formula is C15H19N3O2S2. The minimum absolute atomic E-state index is 0.233. The summed E-state index contributed by atoms with van der Waals surface area (Å²) < 4.78 is 26.8. The molecule has 0 saturated carbocycles. The van der Waals surface area contributed by atoms with E-state index in [4.69, 9.17) is 0 Å². The van der Waals surface area contributed by atoms with Crippen LogP contribution >= 0.6 is 11.8 Å². The lowest BCUT2D eigenvalue weighted by molar-refractivity contribution is 0.573. The highest BCUT2D eigenvalue weighted by Crippen LogP contribution is 2.27. The number of allylic oxidation sites excluding steroid dienone is 1. The number of hydrogen-bond donors (Lipinski definition) is 0. The maximum absolute atomic E-state index is 12.8. The Morgan fingerprint density at radius 1 is 1.32 bits per heavy atom. The van der Waals surface area contributed by atoms with E-state index in [2.05, 4.69) is 9.98 Å². The third-order valence-electron chi connectivity index (χ3n) is 3.24. The van der Waals surface area contributed by atoms with Gasteiger partial charge in [-0.1, -0.05) is 17.7 Å². The summed E-state index contributed by atoms with van der Waals surface area (Å²) in [5.41, 5.74) is 1.63. The molecule has 0 N–H and O–H groups in total. The molecule has 5 nitrogen and oxygen atoms in total. The van der Waals surface area contributed by atoms with Gasteiger partial charge in [0.15, 0.2) is 5.84 Å². The minimum Gasteiger partial charge on any atom is -0.266 e. The molecule has 22 heavy (non-hydrogen) atoms. The zero-order valence-corrected chi connectivity index (χ0v) is 14.7. The van der Waals surface area contributed by atoms with Crippen LogP contribution in [0.15, 0.2) is 49.7 Å². The predicted molar refractivity (Wildman–Crippen MR) is 92.9 cm³/mol. The van der Waals surface area contributed by atoms with Crippen molar-refractivity contribution in [3.05, 3.63) is 40.4 Å². The van der Waals surface area contributed by atoms with Crippen molar-refractivity contribution < 1.29 is 8.42 Å². The molecule has 0 fully saturated rings. The maximum Gasteiger partial charge on any atom is 0.270 e. The van der Waals surface area contributed by atoms with Crippen LogP contribution in [-0.2, 0) is 10.0 Å². The van der Waals surface area contributed by atoms with Crippen molar-refractivity contribution >= 4 is 34.0 Å². The van der Waals surface area contributed by atoms with Crippen LogP contribution in [0, 0.1) is 6.92 Å². The molecule has 1 aromatic carbocycles. The van der Waals surface area contributed by atoms with Crippen molar-refractivity contribution in [2.24, 2.45) is 9.98 Å². The normalized spacial score (nSPS) is 19.1. The molecule has 2 rings (SSSR count). The maximum atomic E-state index is 12.8. The molecule has 0 saturated heterocycles. The van der Waals surface area contributed by atoms with E-state index in [0.717, 1.165) is 14.8 Å². The average molecular weight is 337 g/mol. The van der Waals surface area contributed by atoms with E-state index in [-0.39, 0.29) is 4.90 Å². The number of nitrogens with zero attached hydrogens (tertiary/aromatic N) is 3. The van der Waals surface area contributed by atoms with Crippen LogP contribution in [0.2, 0.25) is 0 Å². The van der Waals surface area contributed by atoms with E-state index in [1.807, 2.05) is 27.0 Å². The second-order valence-corrected chi connectivity index (χ2v) is 7.60. The van der Waals surface area contributed by atoms with Gasteiger partial charge in [-0.2, -0.15) is 0 Å². The Balaban J connectivity index is 2.50. The van der Waals surface area contributed by atoms with Crippen LogP contribution in [0.25, 0.3) is 0 Å². The number of benzene rings is 1. The molecule has 0 radical (unpaired) electrons. The van der Waals surface area contributed by atoms with E-state index in [9.17, 15) is 8.42 Å². The Hall–Kier alpha value is -1.60. The van der Waals surface area contributed by atoms with Crippen LogP contribution in [0.5, 0.6) is 0 Å². The van der Waals surface area contributed by atoms with Crippen LogP contribution in [0.1, 0.15) is 19.4 Å².